The Morgan fingerprint density at radius 3 is 2.74 bits per heavy atom. The Balaban J connectivity index is 1.65. The number of benzene rings is 2. The van der Waals surface area contributed by atoms with Crippen molar-refractivity contribution in [3.63, 3.8) is 0 Å². The number of carbonyl (C=O) groups excluding carboxylic acids is 1. The van der Waals surface area contributed by atoms with Gasteiger partial charge in [0.2, 0.25) is 5.91 Å². The van der Waals surface area contributed by atoms with Crippen molar-refractivity contribution in [2.45, 2.75) is 19.1 Å². The maximum Gasteiger partial charge on any atom is 0.282 e. The summed E-state index contributed by atoms with van der Waals surface area (Å²) in [7, 11) is 0. The smallest absolute Gasteiger partial charge is 0.282 e. The van der Waals surface area contributed by atoms with Crippen molar-refractivity contribution in [3.05, 3.63) is 63.7 Å². The second kappa shape index (κ2) is 8.00. The molecule has 3 aromatic rings. The Morgan fingerprint density at radius 1 is 1.22 bits per heavy atom. The van der Waals surface area contributed by atoms with Crippen molar-refractivity contribution in [1.82, 2.24) is 10.2 Å². The molecule has 0 aliphatic heterocycles. The topological polar surface area (TPSA) is 111 Å². The van der Waals surface area contributed by atoms with Crippen molar-refractivity contribution in [2.24, 2.45) is 0 Å². The largest absolute Gasteiger partial charge is 0.411 e. The van der Waals surface area contributed by atoms with Crippen LogP contribution in [0.3, 0.4) is 0 Å². The van der Waals surface area contributed by atoms with Crippen LogP contribution in [0.15, 0.2) is 52.1 Å². The fourth-order valence-electron chi connectivity index (χ4n) is 2.46. The van der Waals surface area contributed by atoms with E-state index in [1.807, 2.05) is 32.0 Å². The number of nitro benzene ring substituents is 1. The van der Waals surface area contributed by atoms with Gasteiger partial charge in [0.05, 0.1) is 10.7 Å². The van der Waals surface area contributed by atoms with Crippen LogP contribution in [0.25, 0.3) is 11.5 Å². The normalized spacial score (nSPS) is 10.6. The summed E-state index contributed by atoms with van der Waals surface area (Å²) in [6.45, 7) is 3.91. The summed E-state index contributed by atoms with van der Waals surface area (Å²) < 4.78 is 5.46. The first kappa shape index (κ1) is 18.6. The second-order valence-electron chi connectivity index (χ2n) is 5.80. The molecule has 0 radical (unpaired) electrons. The lowest BCUT2D eigenvalue weighted by molar-refractivity contribution is -0.384. The molecule has 1 heterocycles. The highest BCUT2D eigenvalue weighted by Gasteiger charge is 2.20. The standard InChI is InChI=1S/C18H16N4O4S/c1-11-7-8-14(12(2)9-11)19-16(23)10-27-18-21-20-17(26-18)13-5-3-4-6-15(13)22(24)25/h3-9H,10H2,1-2H3,(H,19,23). The van der Waals surface area contributed by atoms with E-state index in [9.17, 15) is 14.9 Å². The van der Waals surface area contributed by atoms with Gasteiger partial charge in [0.1, 0.15) is 5.56 Å². The number of amides is 1. The van der Waals surface area contributed by atoms with Gasteiger partial charge in [-0.25, -0.2) is 0 Å². The zero-order valence-corrected chi connectivity index (χ0v) is 15.4. The lowest BCUT2D eigenvalue weighted by Gasteiger charge is -2.08. The highest BCUT2D eigenvalue weighted by atomic mass is 32.2. The molecule has 0 unspecified atom stereocenters. The molecule has 0 aliphatic rings. The van der Waals surface area contributed by atoms with Crippen LogP contribution >= 0.6 is 11.8 Å². The molecule has 138 valence electrons. The first-order valence-corrected chi connectivity index (χ1v) is 9.00. The van der Waals surface area contributed by atoms with E-state index in [4.69, 9.17) is 4.42 Å². The van der Waals surface area contributed by atoms with Crippen LogP contribution in [-0.4, -0.2) is 26.8 Å². The molecule has 0 aliphatic carbocycles. The third-order valence-corrected chi connectivity index (χ3v) is 4.54. The number of aryl methyl sites for hydroxylation is 2. The average Bonchev–Trinajstić information content (AvgIpc) is 3.11. The molecule has 0 spiro atoms. The van der Waals surface area contributed by atoms with E-state index < -0.39 is 4.92 Å². The van der Waals surface area contributed by atoms with Crippen molar-refractivity contribution < 1.29 is 14.1 Å². The maximum atomic E-state index is 12.1. The molecule has 27 heavy (non-hydrogen) atoms. The van der Waals surface area contributed by atoms with E-state index in [2.05, 4.69) is 15.5 Å². The zero-order valence-electron chi connectivity index (χ0n) is 14.6. The van der Waals surface area contributed by atoms with E-state index in [1.165, 1.54) is 12.1 Å². The van der Waals surface area contributed by atoms with Crippen LogP contribution in [-0.2, 0) is 4.79 Å². The number of nitrogens with one attached hydrogen (secondary N) is 1. The first-order valence-electron chi connectivity index (χ1n) is 8.01. The van der Waals surface area contributed by atoms with Crippen molar-refractivity contribution in [2.75, 3.05) is 11.1 Å². The summed E-state index contributed by atoms with van der Waals surface area (Å²) in [6.07, 6.45) is 0. The zero-order chi connectivity index (χ0) is 19.4. The Hall–Kier alpha value is -3.20. The molecule has 3 rings (SSSR count). The number of nitro groups is 1. The third kappa shape index (κ3) is 4.50. The van der Waals surface area contributed by atoms with E-state index in [0.717, 1.165) is 28.6 Å². The molecule has 2 aromatic carbocycles. The summed E-state index contributed by atoms with van der Waals surface area (Å²) in [5, 5.41) is 21.8. The predicted octanol–water partition coefficient (Wildman–Crippen LogP) is 3.99. The van der Waals surface area contributed by atoms with Crippen molar-refractivity contribution in [3.8, 4) is 11.5 Å². The molecule has 0 atom stereocenters. The van der Waals surface area contributed by atoms with Gasteiger partial charge in [-0.15, -0.1) is 10.2 Å². The lowest BCUT2D eigenvalue weighted by Crippen LogP contribution is -2.14. The molecule has 1 amide bonds. The molecule has 0 bridgehead atoms. The fraction of sp³-hybridized carbons (Fsp3) is 0.167. The third-order valence-electron chi connectivity index (χ3n) is 3.72. The van der Waals surface area contributed by atoms with Gasteiger partial charge in [-0.1, -0.05) is 41.6 Å². The van der Waals surface area contributed by atoms with Gasteiger partial charge in [-0.05, 0) is 31.5 Å². The summed E-state index contributed by atoms with van der Waals surface area (Å²) in [6, 6.07) is 11.9. The highest BCUT2D eigenvalue weighted by molar-refractivity contribution is 7.99. The van der Waals surface area contributed by atoms with Gasteiger partial charge in [0.15, 0.2) is 0 Å². The number of carbonyl (C=O) groups is 1. The summed E-state index contributed by atoms with van der Waals surface area (Å²) in [4.78, 5) is 22.7. The van der Waals surface area contributed by atoms with Gasteiger partial charge in [0, 0.05) is 11.8 Å². The van der Waals surface area contributed by atoms with Crippen LogP contribution in [0.2, 0.25) is 0 Å². The number of nitrogens with zero attached hydrogens (tertiary/aromatic N) is 3. The molecule has 9 heteroatoms. The SMILES string of the molecule is Cc1ccc(NC(=O)CSc2nnc(-c3ccccc3[N+](=O)[O-])o2)c(C)c1. The van der Waals surface area contributed by atoms with E-state index >= 15 is 0 Å². The summed E-state index contributed by atoms with van der Waals surface area (Å²) in [5.74, 6) is -0.0942. The molecule has 0 fully saturated rings. The number of hydrogen-bond donors (Lipinski definition) is 1. The molecule has 1 aromatic heterocycles. The van der Waals surface area contributed by atoms with Crippen molar-refractivity contribution in [1.29, 1.82) is 0 Å². The van der Waals surface area contributed by atoms with E-state index in [-0.39, 0.29) is 34.0 Å². The van der Waals surface area contributed by atoms with Gasteiger partial charge in [-0.2, -0.15) is 0 Å². The molecule has 1 N–H and O–H groups in total. The van der Waals surface area contributed by atoms with Crippen LogP contribution in [0.4, 0.5) is 11.4 Å². The number of anilines is 1. The van der Waals surface area contributed by atoms with Gasteiger partial charge in [-0.3, -0.25) is 14.9 Å². The van der Waals surface area contributed by atoms with Crippen LogP contribution in [0.1, 0.15) is 11.1 Å². The number of rotatable bonds is 6. The van der Waals surface area contributed by atoms with Gasteiger partial charge in [0.25, 0.3) is 16.8 Å². The molecule has 0 saturated carbocycles. The number of hydrogen-bond acceptors (Lipinski definition) is 7. The highest BCUT2D eigenvalue weighted by Crippen LogP contribution is 2.30. The number of aromatic nitrogens is 2. The Kier molecular flexibility index (Phi) is 5.51. The Labute approximate surface area is 159 Å². The lowest BCUT2D eigenvalue weighted by atomic mass is 10.1. The summed E-state index contributed by atoms with van der Waals surface area (Å²) >= 11 is 1.06. The minimum atomic E-state index is -0.510. The molecular weight excluding hydrogens is 368 g/mol. The monoisotopic (exact) mass is 384 g/mol. The van der Waals surface area contributed by atoms with Crippen molar-refractivity contribution >= 4 is 29.0 Å². The quantitative estimate of drug-likeness (QED) is 0.388. The Bertz CT molecular complexity index is 1000. The van der Waals surface area contributed by atoms with E-state index in [0.29, 0.717) is 0 Å². The van der Waals surface area contributed by atoms with E-state index in [1.54, 1.807) is 12.1 Å². The molecule has 8 nitrogen and oxygen atoms in total. The van der Waals surface area contributed by atoms with Crippen LogP contribution in [0.5, 0.6) is 0 Å². The summed E-state index contributed by atoms with van der Waals surface area (Å²) in [5.41, 5.74) is 2.96. The predicted molar refractivity (Wildman–Crippen MR) is 102 cm³/mol. The first-order chi connectivity index (χ1) is 12.9. The fourth-order valence-corrected chi connectivity index (χ4v) is 3.02. The molecule has 0 saturated heterocycles. The van der Waals surface area contributed by atoms with Crippen LogP contribution < -0.4 is 5.32 Å². The minimum absolute atomic E-state index is 0.0413. The number of thioether (sulfide) groups is 1. The Morgan fingerprint density at radius 2 is 2.00 bits per heavy atom. The maximum absolute atomic E-state index is 12.1. The van der Waals surface area contributed by atoms with Gasteiger partial charge < -0.3 is 9.73 Å². The van der Waals surface area contributed by atoms with Crippen LogP contribution in [0, 0.1) is 24.0 Å². The number of para-hydroxylation sites is 1. The second-order valence-corrected chi connectivity index (χ2v) is 6.73. The minimum Gasteiger partial charge on any atom is -0.411 e. The molecular formula is C18H16N4O4S. The average molecular weight is 384 g/mol. The van der Waals surface area contributed by atoms with Gasteiger partial charge >= 0.3 is 0 Å².